The van der Waals surface area contributed by atoms with Gasteiger partial charge in [0.05, 0.1) is 0 Å². The van der Waals surface area contributed by atoms with Crippen LogP contribution in [-0.4, -0.2) is 17.4 Å². The highest BCUT2D eigenvalue weighted by atomic mass is 16.2. The fraction of sp³-hybridized carbons (Fsp3) is 0.286. The summed E-state index contributed by atoms with van der Waals surface area (Å²) < 4.78 is 0. The van der Waals surface area contributed by atoms with Crippen molar-refractivity contribution in [3.63, 3.8) is 0 Å². The molecule has 2 amide bonds. The lowest BCUT2D eigenvalue weighted by atomic mass is 9.65. The lowest BCUT2D eigenvalue weighted by molar-refractivity contribution is -0.117. The van der Waals surface area contributed by atoms with E-state index in [1.807, 2.05) is 41.3 Å². The fourth-order valence-electron chi connectivity index (χ4n) is 5.18. The SMILES string of the molecule is CC(=O)N1c2ccc(NC(=O)c3ccccc3)cc2C(C)(c2ccc(C)cc2)CC1(C)C. The van der Waals surface area contributed by atoms with Gasteiger partial charge in [-0.25, -0.2) is 0 Å². The normalized spacial score (nSPS) is 19.2. The molecule has 1 unspecified atom stereocenters. The van der Waals surface area contributed by atoms with Gasteiger partial charge in [-0.05, 0) is 68.7 Å². The number of anilines is 2. The summed E-state index contributed by atoms with van der Waals surface area (Å²) in [6.07, 6.45) is 0.770. The third-order valence-electron chi connectivity index (χ3n) is 6.52. The quantitative estimate of drug-likeness (QED) is 0.551. The molecule has 1 N–H and O–H groups in total. The average molecular weight is 427 g/mol. The summed E-state index contributed by atoms with van der Waals surface area (Å²) in [4.78, 5) is 27.3. The summed E-state index contributed by atoms with van der Waals surface area (Å²) in [5, 5.41) is 3.03. The summed E-state index contributed by atoms with van der Waals surface area (Å²) in [6.45, 7) is 10.2. The van der Waals surface area contributed by atoms with Crippen LogP contribution in [0.4, 0.5) is 11.4 Å². The lowest BCUT2D eigenvalue weighted by Crippen LogP contribution is -2.55. The molecular formula is C28H30N2O2. The Morgan fingerprint density at radius 2 is 1.56 bits per heavy atom. The molecule has 0 bridgehead atoms. The molecule has 4 heteroatoms. The first-order chi connectivity index (χ1) is 15.1. The topological polar surface area (TPSA) is 49.4 Å². The van der Waals surface area contributed by atoms with Gasteiger partial charge in [0.25, 0.3) is 5.91 Å². The van der Waals surface area contributed by atoms with Gasteiger partial charge in [-0.1, -0.05) is 55.0 Å². The van der Waals surface area contributed by atoms with E-state index >= 15 is 0 Å². The van der Waals surface area contributed by atoms with Crippen molar-refractivity contribution in [3.05, 3.63) is 95.1 Å². The number of benzene rings is 3. The molecule has 164 valence electrons. The van der Waals surface area contributed by atoms with E-state index in [0.717, 1.165) is 23.4 Å². The molecule has 0 saturated heterocycles. The standard InChI is InChI=1S/C28H30N2O2/c1-19-11-13-22(14-12-19)28(5)18-27(3,4)30(20(2)31)25-16-15-23(17-24(25)28)29-26(32)21-9-7-6-8-10-21/h6-17H,18H2,1-5H3,(H,29,32). The molecule has 0 saturated carbocycles. The molecule has 1 atom stereocenters. The second-order valence-electron chi connectivity index (χ2n) is 9.59. The van der Waals surface area contributed by atoms with Gasteiger partial charge < -0.3 is 10.2 Å². The van der Waals surface area contributed by atoms with Crippen LogP contribution in [0, 0.1) is 6.92 Å². The number of hydrogen-bond acceptors (Lipinski definition) is 2. The highest BCUT2D eigenvalue weighted by Gasteiger charge is 2.47. The van der Waals surface area contributed by atoms with E-state index in [1.165, 1.54) is 11.1 Å². The summed E-state index contributed by atoms with van der Waals surface area (Å²) in [7, 11) is 0. The number of hydrogen-bond donors (Lipinski definition) is 1. The number of nitrogens with zero attached hydrogens (tertiary/aromatic N) is 1. The Labute approximate surface area is 190 Å². The molecule has 0 fully saturated rings. The molecule has 1 heterocycles. The molecule has 4 nitrogen and oxygen atoms in total. The van der Waals surface area contributed by atoms with Gasteiger partial charge >= 0.3 is 0 Å². The van der Waals surface area contributed by atoms with Gasteiger partial charge in [0.2, 0.25) is 5.91 Å². The zero-order chi connectivity index (χ0) is 23.1. The number of rotatable bonds is 3. The molecule has 4 rings (SSSR count). The minimum absolute atomic E-state index is 0.0169. The molecule has 0 radical (unpaired) electrons. The summed E-state index contributed by atoms with van der Waals surface area (Å²) in [5.74, 6) is -0.134. The Hall–Kier alpha value is -3.40. The zero-order valence-corrected chi connectivity index (χ0v) is 19.4. The average Bonchev–Trinajstić information content (AvgIpc) is 2.74. The van der Waals surface area contributed by atoms with Crippen LogP contribution in [0.25, 0.3) is 0 Å². The summed E-state index contributed by atoms with van der Waals surface area (Å²) in [6, 6.07) is 23.7. The Balaban J connectivity index is 1.84. The van der Waals surface area contributed by atoms with Crippen LogP contribution in [0.3, 0.4) is 0 Å². The van der Waals surface area contributed by atoms with Crippen LogP contribution in [0.5, 0.6) is 0 Å². The first kappa shape index (κ1) is 21.8. The Kier molecular flexibility index (Phi) is 5.41. The fourth-order valence-corrected chi connectivity index (χ4v) is 5.18. The number of nitrogens with one attached hydrogen (secondary N) is 1. The minimum atomic E-state index is -0.354. The van der Waals surface area contributed by atoms with Gasteiger partial charge in [0.15, 0.2) is 0 Å². The number of carbonyl (C=O) groups is 2. The van der Waals surface area contributed by atoms with Crippen LogP contribution in [-0.2, 0) is 10.2 Å². The molecule has 1 aliphatic rings. The van der Waals surface area contributed by atoms with E-state index in [9.17, 15) is 9.59 Å². The highest BCUT2D eigenvalue weighted by Crippen LogP contribution is 2.51. The van der Waals surface area contributed by atoms with Crippen molar-refractivity contribution in [2.75, 3.05) is 10.2 Å². The minimum Gasteiger partial charge on any atom is -0.322 e. The van der Waals surface area contributed by atoms with Crippen LogP contribution in [0.15, 0.2) is 72.8 Å². The van der Waals surface area contributed by atoms with Crippen molar-refractivity contribution in [1.29, 1.82) is 0 Å². The Bertz CT molecular complexity index is 1170. The number of fused-ring (bicyclic) bond motifs is 1. The van der Waals surface area contributed by atoms with E-state index < -0.39 is 0 Å². The van der Waals surface area contributed by atoms with Crippen molar-refractivity contribution < 1.29 is 9.59 Å². The maximum atomic E-state index is 12.8. The Morgan fingerprint density at radius 1 is 0.906 bits per heavy atom. The van der Waals surface area contributed by atoms with E-state index in [4.69, 9.17) is 0 Å². The van der Waals surface area contributed by atoms with Crippen LogP contribution < -0.4 is 10.2 Å². The second-order valence-corrected chi connectivity index (χ2v) is 9.59. The smallest absolute Gasteiger partial charge is 0.255 e. The van der Waals surface area contributed by atoms with Crippen molar-refractivity contribution in [2.45, 2.75) is 52.0 Å². The van der Waals surface area contributed by atoms with Crippen molar-refractivity contribution >= 4 is 23.2 Å². The zero-order valence-electron chi connectivity index (χ0n) is 19.4. The number of carbonyl (C=O) groups excluding carboxylic acids is 2. The molecule has 32 heavy (non-hydrogen) atoms. The predicted octanol–water partition coefficient (Wildman–Crippen LogP) is 6.09. The first-order valence-electron chi connectivity index (χ1n) is 11.0. The molecule has 0 spiro atoms. The van der Waals surface area contributed by atoms with E-state index in [0.29, 0.717) is 5.56 Å². The second kappa shape index (κ2) is 7.94. The largest absolute Gasteiger partial charge is 0.322 e. The van der Waals surface area contributed by atoms with Gasteiger partial charge in [-0.3, -0.25) is 9.59 Å². The maximum Gasteiger partial charge on any atom is 0.255 e. The van der Waals surface area contributed by atoms with Crippen molar-refractivity contribution in [2.24, 2.45) is 0 Å². The van der Waals surface area contributed by atoms with Gasteiger partial charge in [0, 0.05) is 34.8 Å². The van der Waals surface area contributed by atoms with Crippen molar-refractivity contribution in [1.82, 2.24) is 0 Å². The first-order valence-corrected chi connectivity index (χ1v) is 11.0. The molecule has 0 aromatic heterocycles. The molecule has 3 aromatic rings. The summed E-state index contributed by atoms with van der Waals surface area (Å²) >= 11 is 0. The molecule has 0 aliphatic carbocycles. The van der Waals surface area contributed by atoms with Gasteiger partial charge in [0.1, 0.15) is 0 Å². The molecule has 1 aliphatic heterocycles. The van der Waals surface area contributed by atoms with E-state index in [2.05, 4.69) is 57.3 Å². The van der Waals surface area contributed by atoms with E-state index in [-0.39, 0.29) is 22.8 Å². The third kappa shape index (κ3) is 3.81. The highest BCUT2D eigenvalue weighted by molar-refractivity contribution is 6.04. The van der Waals surface area contributed by atoms with Crippen LogP contribution >= 0.6 is 0 Å². The van der Waals surface area contributed by atoms with Crippen LogP contribution in [0.1, 0.15) is 61.2 Å². The number of aryl methyl sites for hydroxylation is 1. The molecule has 3 aromatic carbocycles. The van der Waals surface area contributed by atoms with Gasteiger partial charge in [-0.2, -0.15) is 0 Å². The maximum absolute atomic E-state index is 12.8. The Morgan fingerprint density at radius 3 is 2.19 bits per heavy atom. The van der Waals surface area contributed by atoms with Crippen LogP contribution in [0.2, 0.25) is 0 Å². The molecular weight excluding hydrogens is 396 g/mol. The van der Waals surface area contributed by atoms with E-state index in [1.54, 1.807) is 19.1 Å². The third-order valence-corrected chi connectivity index (χ3v) is 6.52. The summed E-state index contributed by atoms with van der Waals surface area (Å²) in [5.41, 5.74) is 5.02. The van der Waals surface area contributed by atoms with Gasteiger partial charge in [-0.15, -0.1) is 0 Å². The predicted molar refractivity (Wildman–Crippen MR) is 130 cm³/mol. The lowest BCUT2D eigenvalue weighted by Gasteiger charge is -2.51. The number of amides is 2. The van der Waals surface area contributed by atoms with Crippen molar-refractivity contribution in [3.8, 4) is 0 Å². The monoisotopic (exact) mass is 426 g/mol.